The minimum absolute atomic E-state index is 0.156. The van der Waals surface area contributed by atoms with Gasteiger partial charge in [-0.3, -0.25) is 0 Å². The number of hydrogen-bond donors (Lipinski definition) is 1. The number of rotatable bonds is 6. The van der Waals surface area contributed by atoms with Gasteiger partial charge in [0.15, 0.2) is 0 Å². The smallest absolute Gasteiger partial charge is 0.0816 e. The van der Waals surface area contributed by atoms with Crippen molar-refractivity contribution in [3.8, 4) is 0 Å². The van der Waals surface area contributed by atoms with Crippen LogP contribution < -0.4 is 0 Å². The predicted octanol–water partition coefficient (Wildman–Crippen LogP) is 4.65. The first-order chi connectivity index (χ1) is 8.77. The van der Waals surface area contributed by atoms with Crippen molar-refractivity contribution in [3.05, 3.63) is 33.3 Å². The average Bonchev–Trinajstić information content (AvgIpc) is 2.35. The molecule has 0 aliphatic carbocycles. The quantitative estimate of drug-likeness (QED) is 0.809. The topological polar surface area (TPSA) is 23.5 Å². The van der Waals surface area contributed by atoms with Crippen molar-refractivity contribution in [2.24, 2.45) is 0 Å². The Labute approximate surface area is 129 Å². The van der Waals surface area contributed by atoms with Crippen molar-refractivity contribution in [1.82, 2.24) is 4.90 Å². The van der Waals surface area contributed by atoms with Crippen LogP contribution in [0.25, 0.3) is 0 Å². The Hall–Kier alpha value is -0.0900. The number of aliphatic hydroxyl groups is 1. The standard InChI is InChI=1S/C15H23BrClNO/c1-5-15(2,3)18(4)9-8-14(19)12-7-6-11(16)10-13(12)17/h6-7,10,14,19H,5,8-9H2,1-4H3. The summed E-state index contributed by atoms with van der Waals surface area (Å²) in [6.45, 7) is 7.45. The SMILES string of the molecule is CCC(C)(C)N(C)CCC(O)c1ccc(Br)cc1Cl. The van der Waals surface area contributed by atoms with E-state index in [0.29, 0.717) is 11.4 Å². The predicted molar refractivity (Wildman–Crippen MR) is 85.7 cm³/mol. The molecule has 0 aliphatic heterocycles. The lowest BCUT2D eigenvalue weighted by Gasteiger charge is -2.35. The highest BCUT2D eigenvalue weighted by molar-refractivity contribution is 9.10. The molecule has 0 saturated carbocycles. The monoisotopic (exact) mass is 347 g/mol. The maximum Gasteiger partial charge on any atom is 0.0816 e. The van der Waals surface area contributed by atoms with Crippen LogP contribution >= 0.6 is 27.5 Å². The first-order valence-electron chi connectivity index (χ1n) is 6.62. The molecule has 0 heterocycles. The van der Waals surface area contributed by atoms with Crippen LogP contribution in [0, 0.1) is 0 Å². The zero-order chi connectivity index (χ0) is 14.6. The van der Waals surface area contributed by atoms with Crippen molar-refractivity contribution in [1.29, 1.82) is 0 Å². The summed E-state index contributed by atoms with van der Waals surface area (Å²) in [7, 11) is 2.10. The summed E-state index contributed by atoms with van der Waals surface area (Å²) in [4.78, 5) is 2.28. The van der Waals surface area contributed by atoms with Gasteiger partial charge in [-0.1, -0.05) is 40.5 Å². The molecular formula is C15H23BrClNO. The molecule has 0 bridgehead atoms. The van der Waals surface area contributed by atoms with Gasteiger partial charge in [-0.2, -0.15) is 0 Å². The van der Waals surface area contributed by atoms with Crippen LogP contribution in [-0.4, -0.2) is 29.1 Å². The molecule has 1 atom stereocenters. The molecule has 1 N–H and O–H groups in total. The van der Waals surface area contributed by atoms with Crippen LogP contribution in [-0.2, 0) is 0 Å². The zero-order valence-corrected chi connectivity index (χ0v) is 14.4. The third-order valence-electron chi connectivity index (χ3n) is 3.96. The molecular weight excluding hydrogens is 326 g/mol. The second-order valence-corrected chi connectivity index (χ2v) is 6.88. The minimum atomic E-state index is -0.518. The largest absolute Gasteiger partial charge is 0.388 e. The maximum atomic E-state index is 10.3. The molecule has 1 aromatic rings. The van der Waals surface area contributed by atoms with Crippen LogP contribution in [0.2, 0.25) is 5.02 Å². The Morgan fingerprint density at radius 2 is 2.05 bits per heavy atom. The van der Waals surface area contributed by atoms with Gasteiger partial charge >= 0.3 is 0 Å². The highest BCUT2D eigenvalue weighted by atomic mass is 79.9. The molecule has 1 unspecified atom stereocenters. The van der Waals surface area contributed by atoms with E-state index in [9.17, 15) is 5.11 Å². The molecule has 0 amide bonds. The van der Waals surface area contributed by atoms with Crippen LogP contribution in [0.1, 0.15) is 45.3 Å². The van der Waals surface area contributed by atoms with Gasteiger partial charge in [0.2, 0.25) is 0 Å². The van der Waals surface area contributed by atoms with E-state index in [0.717, 1.165) is 23.0 Å². The Bertz CT molecular complexity index is 423. The van der Waals surface area contributed by atoms with Crippen molar-refractivity contribution in [3.63, 3.8) is 0 Å². The Kier molecular flexibility index (Phi) is 6.31. The normalized spacial score (nSPS) is 13.9. The Balaban J connectivity index is 2.63. The summed E-state index contributed by atoms with van der Waals surface area (Å²) in [6.07, 6.45) is 1.25. The second kappa shape index (κ2) is 7.07. The number of hydrogen-bond acceptors (Lipinski definition) is 2. The van der Waals surface area contributed by atoms with E-state index < -0.39 is 6.10 Å². The Morgan fingerprint density at radius 1 is 1.42 bits per heavy atom. The third kappa shape index (κ3) is 4.75. The van der Waals surface area contributed by atoms with E-state index in [1.165, 1.54) is 0 Å². The molecule has 108 valence electrons. The van der Waals surface area contributed by atoms with E-state index in [2.05, 4.69) is 48.6 Å². The van der Waals surface area contributed by atoms with E-state index in [1.54, 1.807) is 0 Å². The summed E-state index contributed by atoms with van der Waals surface area (Å²) in [5.74, 6) is 0. The molecule has 0 spiro atoms. The lowest BCUT2D eigenvalue weighted by Crippen LogP contribution is -2.41. The summed E-state index contributed by atoms with van der Waals surface area (Å²) in [6, 6.07) is 5.60. The third-order valence-corrected chi connectivity index (χ3v) is 4.78. The van der Waals surface area contributed by atoms with Gasteiger partial charge in [-0.25, -0.2) is 0 Å². The van der Waals surface area contributed by atoms with Gasteiger partial charge in [0.25, 0.3) is 0 Å². The van der Waals surface area contributed by atoms with Crippen LogP contribution in [0.3, 0.4) is 0 Å². The minimum Gasteiger partial charge on any atom is -0.388 e. The van der Waals surface area contributed by atoms with Crippen LogP contribution in [0.15, 0.2) is 22.7 Å². The number of halogens is 2. The fourth-order valence-electron chi connectivity index (χ4n) is 1.82. The van der Waals surface area contributed by atoms with Gasteiger partial charge in [0, 0.05) is 21.6 Å². The molecule has 0 radical (unpaired) electrons. The first-order valence-corrected chi connectivity index (χ1v) is 7.79. The molecule has 4 heteroatoms. The number of nitrogens with zero attached hydrogens (tertiary/aromatic N) is 1. The molecule has 2 nitrogen and oxygen atoms in total. The van der Waals surface area contributed by atoms with E-state index in [1.807, 2.05) is 18.2 Å². The molecule has 1 rings (SSSR count). The number of benzene rings is 1. The van der Waals surface area contributed by atoms with Crippen molar-refractivity contribution >= 4 is 27.5 Å². The van der Waals surface area contributed by atoms with Gasteiger partial charge in [0.1, 0.15) is 0 Å². The average molecular weight is 349 g/mol. The molecule has 0 saturated heterocycles. The van der Waals surface area contributed by atoms with Crippen molar-refractivity contribution < 1.29 is 5.11 Å². The zero-order valence-electron chi connectivity index (χ0n) is 12.1. The highest BCUT2D eigenvalue weighted by Crippen LogP contribution is 2.29. The van der Waals surface area contributed by atoms with Gasteiger partial charge < -0.3 is 10.0 Å². The molecule has 19 heavy (non-hydrogen) atoms. The molecule has 0 fully saturated rings. The molecule has 0 aliphatic rings. The van der Waals surface area contributed by atoms with Crippen LogP contribution in [0.5, 0.6) is 0 Å². The van der Waals surface area contributed by atoms with E-state index in [4.69, 9.17) is 11.6 Å². The van der Waals surface area contributed by atoms with Crippen molar-refractivity contribution in [2.45, 2.75) is 45.3 Å². The van der Waals surface area contributed by atoms with Gasteiger partial charge in [-0.05, 0) is 51.4 Å². The fourth-order valence-corrected chi connectivity index (χ4v) is 2.62. The maximum absolute atomic E-state index is 10.3. The molecule has 0 aromatic heterocycles. The fraction of sp³-hybridized carbons (Fsp3) is 0.600. The van der Waals surface area contributed by atoms with Crippen LogP contribution in [0.4, 0.5) is 0 Å². The van der Waals surface area contributed by atoms with E-state index in [-0.39, 0.29) is 5.54 Å². The summed E-state index contributed by atoms with van der Waals surface area (Å²) in [5, 5.41) is 10.9. The summed E-state index contributed by atoms with van der Waals surface area (Å²) in [5.41, 5.74) is 0.955. The van der Waals surface area contributed by atoms with Gasteiger partial charge in [-0.15, -0.1) is 0 Å². The highest BCUT2D eigenvalue weighted by Gasteiger charge is 2.22. The van der Waals surface area contributed by atoms with Gasteiger partial charge in [0.05, 0.1) is 6.10 Å². The first kappa shape index (κ1) is 17.0. The van der Waals surface area contributed by atoms with E-state index >= 15 is 0 Å². The second-order valence-electron chi connectivity index (χ2n) is 5.56. The Morgan fingerprint density at radius 3 is 2.58 bits per heavy atom. The summed E-state index contributed by atoms with van der Waals surface area (Å²) < 4.78 is 0.928. The lowest BCUT2D eigenvalue weighted by molar-refractivity contribution is 0.105. The summed E-state index contributed by atoms with van der Waals surface area (Å²) >= 11 is 9.52. The lowest BCUT2D eigenvalue weighted by atomic mass is 9.99. The van der Waals surface area contributed by atoms with Crippen molar-refractivity contribution in [2.75, 3.05) is 13.6 Å². The molecule has 1 aromatic carbocycles. The number of aliphatic hydroxyl groups excluding tert-OH is 1.